The molecule has 0 saturated carbocycles. The number of hydrogen-bond acceptors (Lipinski definition) is 2. The Morgan fingerprint density at radius 2 is 1.90 bits per heavy atom. The van der Waals surface area contributed by atoms with E-state index in [1.807, 2.05) is 37.3 Å². The number of ether oxygens (including phenoxy) is 1. The first-order chi connectivity index (χ1) is 9.51. The summed E-state index contributed by atoms with van der Waals surface area (Å²) < 4.78 is 7.28. The second-order valence-corrected chi connectivity index (χ2v) is 6.51. The smallest absolute Gasteiger partial charge is 0.119 e. The van der Waals surface area contributed by atoms with Crippen molar-refractivity contribution in [1.29, 1.82) is 0 Å². The fraction of sp³-hybridized carbons (Fsp3) is 0.200. The molecule has 0 amide bonds. The third-order valence-electron chi connectivity index (χ3n) is 2.97. The van der Waals surface area contributed by atoms with E-state index in [1.54, 1.807) is 7.11 Å². The number of methoxy groups -OCH3 is 1. The average Bonchev–Trinajstić information content (AvgIpc) is 2.43. The van der Waals surface area contributed by atoms with Gasteiger partial charge >= 0.3 is 0 Å². The summed E-state index contributed by atoms with van der Waals surface area (Å²) in [5.41, 5.74) is 3.13. The maximum Gasteiger partial charge on any atom is 0.119 e. The number of nitrogens with one attached hydrogen (secondary N) is 1. The predicted octanol–water partition coefficient (Wildman–Crippen LogP) is 5.79. The minimum absolute atomic E-state index is 0.676. The molecule has 2 aromatic carbocycles. The highest BCUT2D eigenvalue weighted by molar-refractivity contribution is 9.11. The zero-order valence-electron chi connectivity index (χ0n) is 11.1. The van der Waals surface area contributed by atoms with Crippen LogP contribution in [-0.4, -0.2) is 7.11 Å². The highest BCUT2D eigenvalue weighted by atomic mass is 79.9. The molecule has 0 aliphatic heterocycles. The van der Waals surface area contributed by atoms with Crippen molar-refractivity contribution in [1.82, 2.24) is 0 Å². The Labute approximate surface area is 140 Å². The van der Waals surface area contributed by atoms with Gasteiger partial charge in [0.15, 0.2) is 0 Å². The van der Waals surface area contributed by atoms with E-state index in [-0.39, 0.29) is 0 Å². The molecule has 5 heteroatoms. The Morgan fingerprint density at radius 3 is 2.60 bits per heavy atom. The molecule has 0 aliphatic carbocycles. The van der Waals surface area contributed by atoms with Crippen LogP contribution in [0.2, 0.25) is 5.02 Å². The molecule has 0 unspecified atom stereocenters. The van der Waals surface area contributed by atoms with E-state index in [9.17, 15) is 0 Å². The molecule has 2 nitrogen and oxygen atoms in total. The van der Waals surface area contributed by atoms with Crippen molar-refractivity contribution >= 4 is 49.1 Å². The van der Waals surface area contributed by atoms with Crippen molar-refractivity contribution in [3.8, 4) is 5.75 Å². The third kappa shape index (κ3) is 3.68. The lowest BCUT2D eigenvalue weighted by molar-refractivity contribution is 0.414. The van der Waals surface area contributed by atoms with Gasteiger partial charge < -0.3 is 10.1 Å². The monoisotopic (exact) mass is 417 g/mol. The van der Waals surface area contributed by atoms with Gasteiger partial charge in [-0.05, 0) is 64.3 Å². The van der Waals surface area contributed by atoms with Crippen molar-refractivity contribution in [3.63, 3.8) is 0 Å². The van der Waals surface area contributed by atoms with E-state index in [0.29, 0.717) is 6.54 Å². The van der Waals surface area contributed by atoms with Gasteiger partial charge in [-0.3, -0.25) is 0 Å². The molecule has 0 heterocycles. The summed E-state index contributed by atoms with van der Waals surface area (Å²) in [6.07, 6.45) is 0. The van der Waals surface area contributed by atoms with Gasteiger partial charge in [-0.15, -0.1) is 0 Å². The molecule has 0 fully saturated rings. The Bertz CT molecular complexity index is 632. The van der Waals surface area contributed by atoms with E-state index in [1.165, 1.54) is 0 Å². The van der Waals surface area contributed by atoms with Crippen LogP contribution >= 0.6 is 43.5 Å². The molecule has 0 radical (unpaired) electrons. The van der Waals surface area contributed by atoms with Crippen LogP contribution in [0.4, 0.5) is 5.69 Å². The van der Waals surface area contributed by atoms with Crippen LogP contribution in [0, 0.1) is 6.92 Å². The molecule has 1 N–H and O–H groups in total. The van der Waals surface area contributed by atoms with Crippen LogP contribution in [-0.2, 0) is 6.54 Å². The van der Waals surface area contributed by atoms with Gasteiger partial charge in [0.25, 0.3) is 0 Å². The van der Waals surface area contributed by atoms with Gasteiger partial charge in [0.1, 0.15) is 5.75 Å². The van der Waals surface area contributed by atoms with Crippen LogP contribution in [0.15, 0.2) is 39.3 Å². The fourth-order valence-electron chi connectivity index (χ4n) is 1.79. The molecular formula is C15H14Br2ClNO. The Balaban J connectivity index is 2.18. The van der Waals surface area contributed by atoms with E-state index < -0.39 is 0 Å². The minimum Gasteiger partial charge on any atom is -0.497 e. The summed E-state index contributed by atoms with van der Waals surface area (Å²) in [7, 11) is 1.66. The van der Waals surface area contributed by atoms with Crippen LogP contribution in [0.3, 0.4) is 0 Å². The summed E-state index contributed by atoms with van der Waals surface area (Å²) in [5.74, 6) is 0.839. The van der Waals surface area contributed by atoms with Crippen molar-refractivity contribution in [2.75, 3.05) is 12.4 Å². The highest BCUT2D eigenvalue weighted by Gasteiger charge is 2.06. The zero-order chi connectivity index (χ0) is 14.7. The highest BCUT2D eigenvalue weighted by Crippen LogP contribution is 2.30. The first-order valence-corrected chi connectivity index (χ1v) is 7.99. The number of benzene rings is 2. The number of halogens is 3. The maximum atomic E-state index is 6.16. The molecular weight excluding hydrogens is 405 g/mol. The largest absolute Gasteiger partial charge is 0.497 e. The summed E-state index contributed by atoms with van der Waals surface area (Å²) in [4.78, 5) is 0. The van der Waals surface area contributed by atoms with Crippen LogP contribution in [0.5, 0.6) is 5.75 Å². The normalized spacial score (nSPS) is 10.4. The van der Waals surface area contributed by atoms with Crippen molar-refractivity contribution in [2.24, 2.45) is 0 Å². The van der Waals surface area contributed by atoms with Crippen LogP contribution in [0.25, 0.3) is 0 Å². The lowest BCUT2D eigenvalue weighted by Gasteiger charge is -2.12. The summed E-state index contributed by atoms with van der Waals surface area (Å²) in [5, 5.41) is 4.12. The van der Waals surface area contributed by atoms with Crippen LogP contribution in [0.1, 0.15) is 11.1 Å². The van der Waals surface area contributed by atoms with Gasteiger partial charge in [0.05, 0.1) is 12.8 Å². The topological polar surface area (TPSA) is 21.3 Å². The Kier molecular flexibility index (Phi) is 5.35. The molecule has 20 heavy (non-hydrogen) atoms. The zero-order valence-corrected chi connectivity index (χ0v) is 15.1. The Morgan fingerprint density at radius 1 is 1.15 bits per heavy atom. The van der Waals surface area contributed by atoms with Gasteiger partial charge in [0.2, 0.25) is 0 Å². The molecule has 0 aromatic heterocycles. The quantitative estimate of drug-likeness (QED) is 0.677. The lowest BCUT2D eigenvalue weighted by Crippen LogP contribution is -2.01. The van der Waals surface area contributed by atoms with Crippen molar-refractivity contribution in [2.45, 2.75) is 13.5 Å². The number of aryl methyl sites for hydroxylation is 1. The van der Waals surface area contributed by atoms with E-state index in [0.717, 1.165) is 36.5 Å². The van der Waals surface area contributed by atoms with Crippen molar-refractivity contribution in [3.05, 3.63) is 55.4 Å². The van der Waals surface area contributed by atoms with Gasteiger partial charge in [-0.25, -0.2) is 0 Å². The van der Waals surface area contributed by atoms with E-state index in [2.05, 4.69) is 37.2 Å². The summed E-state index contributed by atoms with van der Waals surface area (Å²) >= 11 is 13.2. The lowest BCUT2D eigenvalue weighted by atomic mass is 10.2. The predicted molar refractivity (Wildman–Crippen MR) is 91.9 cm³/mol. The molecule has 0 saturated heterocycles. The average molecular weight is 420 g/mol. The van der Waals surface area contributed by atoms with Gasteiger partial charge in [-0.2, -0.15) is 0 Å². The number of hydrogen-bond donors (Lipinski definition) is 1. The number of rotatable bonds is 4. The first-order valence-electron chi connectivity index (χ1n) is 6.03. The standard InChI is InChI=1S/C15H14Br2ClNO/c1-9-5-13(17)15(7-14(9)18)19-8-10-6-11(20-2)3-4-12(10)16/h3-7,19H,8H2,1-2H3. The summed E-state index contributed by atoms with van der Waals surface area (Å²) in [6, 6.07) is 9.83. The number of anilines is 1. The second kappa shape index (κ2) is 6.83. The van der Waals surface area contributed by atoms with Crippen molar-refractivity contribution < 1.29 is 4.74 Å². The molecule has 0 bridgehead atoms. The third-order valence-corrected chi connectivity index (χ3v) is 4.81. The summed E-state index contributed by atoms with van der Waals surface area (Å²) in [6.45, 7) is 2.66. The van der Waals surface area contributed by atoms with Crippen LogP contribution < -0.4 is 10.1 Å². The molecule has 0 atom stereocenters. The maximum absolute atomic E-state index is 6.16. The second-order valence-electron chi connectivity index (χ2n) is 4.39. The SMILES string of the molecule is COc1ccc(Br)c(CNc2cc(Cl)c(C)cc2Br)c1. The minimum atomic E-state index is 0.676. The van der Waals surface area contributed by atoms with Gasteiger partial charge in [-0.1, -0.05) is 27.5 Å². The van der Waals surface area contributed by atoms with E-state index >= 15 is 0 Å². The first kappa shape index (κ1) is 15.7. The molecule has 2 aromatic rings. The fourth-order valence-corrected chi connectivity index (χ4v) is 2.93. The molecule has 106 valence electrons. The Hall–Kier alpha value is -0.710. The van der Waals surface area contributed by atoms with Gasteiger partial charge in [0, 0.05) is 20.5 Å². The van der Waals surface area contributed by atoms with E-state index in [4.69, 9.17) is 16.3 Å². The molecule has 2 rings (SSSR count). The molecule has 0 aliphatic rings. The molecule has 0 spiro atoms.